The Kier molecular flexibility index (Phi) is 6.06. The van der Waals surface area contributed by atoms with Crippen molar-refractivity contribution in [2.24, 2.45) is 12.5 Å². The van der Waals surface area contributed by atoms with E-state index in [2.05, 4.69) is 30.7 Å². The number of nitrogens with zero attached hydrogens (tertiary/aromatic N) is 2. The van der Waals surface area contributed by atoms with E-state index in [0.717, 1.165) is 42.7 Å². The van der Waals surface area contributed by atoms with E-state index in [-0.39, 0.29) is 18.1 Å². The third-order valence-electron chi connectivity index (χ3n) is 5.19. The number of aryl methyl sites for hydroxylation is 1. The van der Waals surface area contributed by atoms with E-state index >= 15 is 0 Å². The normalized spacial score (nSPS) is 13.7. The lowest BCUT2D eigenvalue weighted by Gasteiger charge is -2.32. The number of imidazole rings is 1. The van der Waals surface area contributed by atoms with Crippen molar-refractivity contribution in [3.8, 4) is 0 Å². The highest BCUT2D eigenvalue weighted by atomic mass is 35.5. The van der Waals surface area contributed by atoms with Crippen molar-refractivity contribution < 1.29 is 5.11 Å². The first-order valence-corrected chi connectivity index (χ1v) is 8.80. The molecule has 1 aromatic carbocycles. The van der Waals surface area contributed by atoms with Crippen LogP contribution in [0.2, 0.25) is 5.02 Å². The molecule has 0 amide bonds. The number of aromatic nitrogens is 2. The predicted molar refractivity (Wildman–Crippen MR) is 96.9 cm³/mol. The largest absolute Gasteiger partial charge is 0.396 e. The molecule has 0 aliphatic carbocycles. The molecule has 2 rings (SSSR count). The molecule has 23 heavy (non-hydrogen) atoms. The average Bonchev–Trinajstić information content (AvgIpc) is 2.87. The molecule has 0 saturated heterocycles. The zero-order valence-corrected chi connectivity index (χ0v) is 15.3. The number of fused-ring (bicyclic) bond motifs is 1. The molecule has 0 saturated carbocycles. The fourth-order valence-corrected chi connectivity index (χ4v) is 3.39. The summed E-state index contributed by atoms with van der Waals surface area (Å²) in [6.07, 6.45) is 2.95. The summed E-state index contributed by atoms with van der Waals surface area (Å²) in [6.45, 7) is 7.65. The maximum Gasteiger partial charge on any atom is 0.126 e. The summed E-state index contributed by atoms with van der Waals surface area (Å²) < 4.78 is 2.12. The summed E-state index contributed by atoms with van der Waals surface area (Å²) >= 11 is 6.06. The fraction of sp³-hybridized carbons (Fsp3) is 0.611. The van der Waals surface area contributed by atoms with Gasteiger partial charge in [0.15, 0.2) is 0 Å². The lowest BCUT2D eigenvalue weighted by Crippen LogP contribution is -2.36. The Labute approximate surface area is 143 Å². The lowest BCUT2D eigenvalue weighted by atomic mass is 9.79. The van der Waals surface area contributed by atoms with Gasteiger partial charge in [-0.1, -0.05) is 25.4 Å². The Morgan fingerprint density at radius 1 is 1.35 bits per heavy atom. The van der Waals surface area contributed by atoms with Gasteiger partial charge in [0, 0.05) is 25.2 Å². The first kappa shape index (κ1) is 18.2. The molecule has 0 aliphatic heterocycles. The molecule has 128 valence electrons. The molecule has 1 atom stereocenters. The number of benzene rings is 1. The smallest absolute Gasteiger partial charge is 0.126 e. The summed E-state index contributed by atoms with van der Waals surface area (Å²) in [7, 11) is 2.04. The van der Waals surface area contributed by atoms with Gasteiger partial charge in [-0.15, -0.1) is 0 Å². The van der Waals surface area contributed by atoms with Crippen molar-refractivity contribution in [1.29, 1.82) is 0 Å². The van der Waals surface area contributed by atoms with E-state index < -0.39 is 0 Å². The minimum absolute atomic E-state index is 0.141. The zero-order valence-electron chi connectivity index (χ0n) is 14.6. The van der Waals surface area contributed by atoms with Crippen LogP contribution in [-0.2, 0) is 7.05 Å². The van der Waals surface area contributed by atoms with Crippen molar-refractivity contribution in [2.75, 3.05) is 13.2 Å². The van der Waals surface area contributed by atoms with Crippen molar-refractivity contribution >= 4 is 22.6 Å². The number of aliphatic hydroxyl groups excluding tert-OH is 1. The van der Waals surface area contributed by atoms with Gasteiger partial charge in [-0.2, -0.15) is 0 Å². The number of halogens is 1. The highest BCUT2D eigenvalue weighted by Gasteiger charge is 2.26. The van der Waals surface area contributed by atoms with Gasteiger partial charge < -0.3 is 15.0 Å². The van der Waals surface area contributed by atoms with E-state index in [1.165, 1.54) is 0 Å². The van der Waals surface area contributed by atoms with Crippen LogP contribution in [0.3, 0.4) is 0 Å². The van der Waals surface area contributed by atoms with Crippen LogP contribution >= 0.6 is 11.6 Å². The quantitative estimate of drug-likeness (QED) is 0.763. The van der Waals surface area contributed by atoms with Crippen LogP contribution in [0.1, 0.15) is 51.9 Å². The molecule has 0 fully saturated rings. The number of nitrogens with one attached hydrogen (secondary N) is 1. The second kappa shape index (κ2) is 7.65. The minimum Gasteiger partial charge on any atom is -0.396 e. The van der Waals surface area contributed by atoms with Crippen LogP contribution in [0.4, 0.5) is 0 Å². The number of aliphatic hydroxyl groups is 1. The molecule has 1 heterocycles. The van der Waals surface area contributed by atoms with Crippen molar-refractivity contribution in [3.63, 3.8) is 0 Å². The average molecular weight is 338 g/mol. The maximum atomic E-state index is 9.36. The Balaban J connectivity index is 2.17. The number of hydrogen-bond donors (Lipinski definition) is 2. The van der Waals surface area contributed by atoms with Gasteiger partial charge in [0.1, 0.15) is 5.82 Å². The second-order valence-corrected chi connectivity index (χ2v) is 6.88. The van der Waals surface area contributed by atoms with Gasteiger partial charge in [0.2, 0.25) is 0 Å². The molecule has 0 spiro atoms. The molecule has 1 aromatic heterocycles. The summed E-state index contributed by atoms with van der Waals surface area (Å²) in [5.74, 6) is 1.01. The van der Waals surface area contributed by atoms with Crippen LogP contribution < -0.4 is 5.32 Å². The Morgan fingerprint density at radius 2 is 2.04 bits per heavy atom. The molecule has 4 nitrogen and oxygen atoms in total. The third kappa shape index (κ3) is 3.87. The van der Waals surface area contributed by atoms with Gasteiger partial charge in [0.05, 0.1) is 17.1 Å². The zero-order chi connectivity index (χ0) is 17.0. The van der Waals surface area contributed by atoms with E-state index in [1.54, 1.807) is 0 Å². The molecule has 1 unspecified atom stereocenters. The molecule has 0 aliphatic rings. The van der Waals surface area contributed by atoms with E-state index in [9.17, 15) is 5.11 Å². The predicted octanol–water partition coefficient (Wildman–Crippen LogP) is 4.07. The minimum atomic E-state index is 0.141. The van der Waals surface area contributed by atoms with E-state index in [1.807, 2.05) is 25.2 Å². The molecule has 0 radical (unpaired) electrons. The van der Waals surface area contributed by atoms with Crippen LogP contribution in [-0.4, -0.2) is 27.8 Å². The fourth-order valence-electron chi connectivity index (χ4n) is 3.22. The second-order valence-electron chi connectivity index (χ2n) is 6.45. The first-order valence-electron chi connectivity index (χ1n) is 8.42. The lowest BCUT2D eigenvalue weighted by molar-refractivity contribution is 0.159. The van der Waals surface area contributed by atoms with Crippen molar-refractivity contribution in [2.45, 2.75) is 46.1 Å². The third-order valence-corrected chi connectivity index (χ3v) is 5.43. The number of hydrogen-bond acceptors (Lipinski definition) is 3. The van der Waals surface area contributed by atoms with Gasteiger partial charge in [-0.25, -0.2) is 4.98 Å². The van der Waals surface area contributed by atoms with Crippen LogP contribution in [0.5, 0.6) is 0 Å². The van der Waals surface area contributed by atoms with Gasteiger partial charge >= 0.3 is 0 Å². The summed E-state index contributed by atoms with van der Waals surface area (Å²) in [6, 6.07) is 5.95. The number of rotatable bonds is 8. The molecule has 0 bridgehead atoms. The highest BCUT2D eigenvalue weighted by molar-refractivity contribution is 6.31. The topological polar surface area (TPSA) is 50.1 Å². The van der Waals surface area contributed by atoms with Gasteiger partial charge in [-0.3, -0.25) is 0 Å². The van der Waals surface area contributed by atoms with Gasteiger partial charge in [-0.05, 0) is 49.8 Å². The summed E-state index contributed by atoms with van der Waals surface area (Å²) in [4.78, 5) is 4.74. The highest BCUT2D eigenvalue weighted by Crippen LogP contribution is 2.30. The Bertz CT molecular complexity index is 649. The Hall–Kier alpha value is -1.10. The summed E-state index contributed by atoms with van der Waals surface area (Å²) in [5, 5.41) is 13.7. The van der Waals surface area contributed by atoms with Crippen LogP contribution in [0.15, 0.2) is 18.2 Å². The molecular formula is C18H28ClN3O. The van der Waals surface area contributed by atoms with Crippen molar-refractivity contribution in [1.82, 2.24) is 14.9 Å². The van der Waals surface area contributed by atoms with Crippen molar-refractivity contribution in [3.05, 3.63) is 29.0 Å². The molecular weight excluding hydrogens is 310 g/mol. The molecule has 2 N–H and O–H groups in total. The Morgan fingerprint density at radius 3 is 2.65 bits per heavy atom. The molecule has 5 heteroatoms. The SMILES string of the molecule is CCC(CC)(CCO)CNC(C)c1nc2cc(Cl)ccc2n1C. The van der Waals surface area contributed by atoms with E-state index in [4.69, 9.17) is 16.6 Å². The summed E-state index contributed by atoms with van der Waals surface area (Å²) in [5.41, 5.74) is 2.17. The first-order chi connectivity index (χ1) is 11.0. The van der Waals surface area contributed by atoms with Crippen LogP contribution in [0, 0.1) is 5.41 Å². The van der Waals surface area contributed by atoms with Gasteiger partial charge in [0.25, 0.3) is 0 Å². The standard InChI is InChI=1S/C18H28ClN3O/c1-5-18(6-2,9-10-23)12-20-13(3)17-21-15-11-14(19)7-8-16(15)22(17)4/h7-8,11,13,20,23H,5-6,9-10,12H2,1-4H3. The maximum absolute atomic E-state index is 9.36. The van der Waals surface area contributed by atoms with Crippen LogP contribution in [0.25, 0.3) is 11.0 Å². The van der Waals surface area contributed by atoms with E-state index in [0.29, 0.717) is 5.02 Å². The molecule has 2 aromatic rings. The monoisotopic (exact) mass is 337 g/mol.